The molecule has 0 spiro atoms. The van der Waals surface area contributed by atoms with E-state index in [9.17, 15) is 5.11 Å². The van der Waals surface area contributed by atoms with Gasteiger partial charge in [0.25, 0.3) is 0 Å². The average molecular weight is 197 g/mol. The highest BCUT2D eigenvalue weighted by atomic mass is 16.5. The Morgan fingerprint density at radius 1 is 1.71 bits per heavy atom. The molecule has 3 atom stereocenters. The maximum absolute atomic E-state index is 10.3. The third-order valence-electron chi connectivity index (χ3n) is 2.96. The van der Waals surface area contributed by atoms with Gasteiger partial charge in [-0.15, -0.1) is 0 Å². The van der Waals surface area contributed by atoms with Gasteiger partial charge < -0.3 is 9.84 Å². The molecule has 0 amide bonds. The molecule has 0 aromatic heterocycles. The summed E-state index contributed by atoms with van der Waals surface area (Å²) in [7, 11) is 0. The van der Waals surface area contributed by atoms with E-state index >= 15 is 0 Å². The third-order valence-corrected chi connectivity index (χ3v) is 2.96. The number of rotatable bonds is 3. The van der Waals surface area contributed by atoms with Crippen LogP contribution in [0.3, 0.4) is 0 Å². The van der Waals surface area contributed by atoms with E-state index < -0.39 is 5.60 Å². The van der Waals surface area contributed by atoms with Crippen LogP contribution in [0.2, 0.25) is 0 Å². The number of nitrogens with zero attached hydrogens (tertiary/aromatic N) is 1. The Morgan fingerprint density at radius 2 is 2.43 bits per heavy atom. The van der Waals surface area contributed by atoms with Crippen LogP contribution < -0.4 is 0 Å². The smallest absolute Gasteiger partial charge is 0.0851 e. The van der Waals surface area contributed by atoms with Crippen LogP contribution in [0.1, 0.15) is 39.5 Å². The second kappa shape index (κ2) is 4.77. The maximum Gasteiger partial charge on any atom is 0.0851 e. The number of nitriles is 1. The summed E-state index contributed by atoms with van der Waals surface area (Å²) in [6.07, 6.45) is 2.97. The van der Waals surface area contributed by atoms with Crippen molar-refractivity contribution in [3.8, 4) is 6.07 Å². The lowest BCUT2D eigenvalue weighted by molar-refractivity contribution is -0.117. The van der Waals surface area contributed by atoms with E-state index in [4.69, 9.17) is 10.00 Å². The summed E-state index contributed by atoms with van der Waals surface area (Å²) < 4.78 is 5.38. The topological polar surface area (TPSA) is 53.2 Å². The van der Waals surface area contributed by atoms with Gasteiger partial charge in [-0.2, -0.15) is 5.26 Å². The molecule has 1 aliphatic heterocycles. The molecule has 80 valence electrons. The fourth-order valence-electron chi connectivity index (χ4n) is 2.15. The molecule has 3 nitrogen and oxygen atoms in total. The Kier molecular flexibility index (Phi) is 3.91. The SMILES string of the molecule is CCCC(C#N)C1(O)CCOC(C)C1. The van der Waals surface area contributed by atoms with E-state index in [-0.39, 0.29) is 12.0 Å². The minimum atomic E-state index is -0.817. The summed E-state index contributed by atoms with van der Waals surface area (Å²) in [5.74, 6) is -0.237. The molecule has 1 rings (SSSR count). The second-order valence-corrected chi connectivity index (χ2v) is 4.21. The lowest BCUT2D eigenvalue weighted by Gasteiger charge is -2.38. The van der Waals surface area contributed by atoms with Crippen molar-refractivity contribution in [2.75, 3.05) is 6.61 Å². The monoisotopic (exact) mass is 197 g/mol. The van der Waals surface area contributed by atoms with Gasteiger partial charge in [-0.25, -0.2) is 0 Å². The first-order valence-electron chi connectivity index (χ1n) is 5.36. The standard InChI is InChI=1S/C11H19NO2/c1-3-4-10(8-12)11(13)5-6-14-9(2)7-11/h9-10,13H,3-7H2,1-2H3. The molecule has 0 saturated carbocycles. The molecule has 1 N–H and O–H groups in total. The largest absolute Gasteiger partial charge is 0.388 e. The molecule has 1 aliphatic rings. The summed E-state index contributed by atoms with van der Waals surface area (Å²) in [5.41, 5.74) is -0.817. The van der Waals surface area contributed by atoms with Gasteiger partial charge in [0.1, 0.15) is 0 Å². The van der Waals surface area contributed by atoms with E-state index in [0.29, 0.717) is 19.4 Å². The summed E-state index contributed by atoms with van der Waals surface area (Å²) in [4.78, 5) is 0. The minimum absolute atomic E-state index is 0.0708. The predicted octanol–water partition coefficient (Wildman–Crippen LogP) is 1.86. The molecule has 14 heavy (non-hydrogen) atoms. The second-order valence-electron chi connectivity index (χ2n) is 4.21. The van der Waals surface area contributed by atoms with E-state index in [0.717, 1.165) is 12.8 Å². The van der Waals surface area contributed by atoms with Crippen LogP contribution in [-0.4, -0.2) is 23.4 Å². The lowest BCUT2D eigenvalue weighted by Crippen LogP contribution is -2.45. The molecule has 1 heterocycles. The average Bonchev–Trinajstić information content (AvgIpc) is 2.13. The highest BCUT2D eigenvalue weighted by Crippen LogP contribution is 2.33. The van der Waals surface area contributed by atoms with Crippen molar-refractivity contribution in [2.45, 2.75) is 51.2 Å². The quantitative estimate of drug-likeness (QED) is 0.751. The fourth-order valence-corrected chi connectivity index (χ4v) is 2.15. The number of hydrogen-bond acceptors (Lipinski definition) is 3. The van der Waals surface area contributed by atoms with Crippen LogP contribution in [-0.2, 0) is 4.74 Å². The lowest BCUT2D eigenvalue weighted by atomic mass is 9.78. The molecule has 1 saturated heterocycles. The zero-order chi connectivity index (χ0) is 10.6. The van der Waals surface area contributed by atoms with Gasteiger partial charge in [-0.05, 0) is 13.3 Å². The maximum atomic E-state index is 10.3. The Bertz CT molecular complexity index is 224. The molecule has 0 radical (unpaired) electrons. The van der Waals surface area contributed by atoms with Gasteiger partial charge in [0, 0.05) is 19.4 Å². The zero-order valence-electron chi connectivity index (χ0n) is 8.99. The normalized spacial score (nSPS) is 34.9. The van der Waals surface area contributed by atoms with Gasteiger partial charge in [0.05, 0.1) is 23.7 Å². The van der Waals surface area contributed by atoms with Gasteiger partial charge in [0.2, 0.25) is 0 Å². The van der Waals surface area contributed by atoms with Gasteiger partial charge in [-0.1, -0.05) is 13.3 Å². The third kappa shape index (κ3) is 2.46. The van der Waals surface area contributed by atoms with Crippen molar-refractivity contribution in [1.82, 2.24) is 0 Å². The Balaban J connectivity index is 2.66. The van der Waals surface area contributed by atoms with E-state index in [1.165, 1.54) is 0 Å². The number of hydrogen-bond donors (Lipinski definition) is 1. The van der Waals surface area contributed by atoms with Crippen LogP contribution in [0.15, 0.2) is 0 Å². The summed E-state index contributed by atoms with van der Waals surface area (Å²) >= 11 is 0. The molecular formula is C11H19NO2. The highest BCUT2D eigenvalue weighted by molar-refractivity contribution is 5.00. The first-order valence-corrected chi connectivity index (χ1v) is 5.36. The minimum Gasteiger partial charge on any atom is -0.388 e. The van der Waals surface area contributed by atoms with E-state index in [1.807, 2.05) is 13.8 Å². The van der Waals surface area contributed by atoms with Crippen molar-refractivity contribution in [1.29, 1.82) is 5.26 Å². The van der Waals surface area contributed by atoms with Crippen LogP contribution >= 0.6 is 0 Å². The first-order chi connectivity index (χ1) is 6.62. The highest BCUT2D eigenvalue weighted by Gasteiger charge is 2.40. The summed E-state index contributed by atoms with van der Waals surface area (Å²) in [5, 5.41) is 19.3. The molecule has 0 aromatic carbocycles. The molecule has 3 unspecified atom stereocenters. The molecule has 0 aromatic rings. The Labute approximate surface area is 85.7 Å². The first kappa shape index (κ1) is 11.5. The number of ether oxygens (including phenoxy) is 1. The zero-order valence-corrected chi connectivity index (χ0v) is 8.99. The van der Waals surface area contributed by atoms with Crippen molar-refractivity contribution >= 4 is 0 Å². The van der Waals surface area contributed by atoms with Crippen molar-refractivity contribution in [2.24, 2.45) is 5.92 Å². The van der Waals surface area contributed by atoms with E-state index in [1.54, 1.807) is 0 Å². The van der Waals surface area contributed by atoms with Crippen molar-refractivity contribution in [3.63, 3.8) is 0 Å². The van der Waals surface area contributed by atoms with E-state index in [2.05, 4.69) is 6.07 Å². The Morgan fingerprint density at radius 3 is 2.93 bits per heavy atom. The van der Waals surface area contributed by atoms with Crippen molar-refractivity contribution < 1.29 is 9.84 Å². The number of aliphatic hydroxyl groups is 1. The van der Waals surface area contributed by atoms with Crippen LogP contribution in [0, 0.1) is 17.2 Å². The summed E-state index contributed by atoms with van der Waals surface area (Å²) in [6.45, 7) is 4.56. The van der Waals surface area contributed by atoms with Crippen molar-refractivity contribution in [3.05, 3.63) is 0 Å². The van der Waals surface area contributed by atoms with Gasteiger partial charge in [-0.3, -0.25) is 0 Å². The molecule has 0 aliphatic carbocycles. The van der Waals surface area contributed by atoms with Crippen LogP contribution in [0.25, 0.3) is 0 Å². The van der Waals surface area contributed by atoms with Crippen LogP contribution in [0.5, 0.6) is 0 Å². The molecule has 1 fully saturated rings. The molecular weight excluding hydrogens is 178 g/mol. The Hall–Kier alpha value is -0.590. The fraction of sp³-hybridized carbons (Fsp3) is 0.909. The molecule has 3 heteroatoms. The van der Waals surface area contributed by atoms with Gasteiger partial charge in [0.15, 0.2) is 0 Å². The summed E-state index contributed by atoms with van der Waals surface area (Å²) in [6, 6.07) is 2.23. The van der Waals surface area contributed by atoms with Crippen LogP contribution in [0.4, 0.5) is 0 Å². The predicted molar refractivity (Wildman–Crippen MR) is 53.6 cm³/mol. The van der Waals surface area contributed by atoms with Gasteiger partial charge >= 0.3 is 0 Å². The molecule has 0 bridgehead atoms.